The molecule has 17 heavy (non-hydrogen) atoms. The van der Waals surface area contributed by atoms with Crippen LogP contribution in [-0.4, -0.2) is 50.0 Å². The number of rotatable bonds is 3. The molecule has 2 rings (SSSR count). The van der Waals surface area contributed by atoms with E-state index in [1.807, 2.05) is 0 Å². The van der Waals surface area contributed by atoms with Crippen LogP contribution in [0.25, 0.3) is 0 Å². The van der Waals surface area contributed by atoms with E-state index in [4.69, 9.17) is 9.29 Å². The van der Waals surface area contributed by atoms with Crippen LogP contribution >= 0.6 is 0 Å². The Kier molecular flexibility index (Phi) is 2.86. The molecule has 1 N–H and O–H groups in total. The molecule has 1 heterocycles. The van der Waals surface area contributed by atoms with Crippen LogP contribution in [0.1, 0.15) is 19.8 Å². The van der Waals surface area contributed by atoms with Crippen molar-refractivity contribution in [2.45, 2.75) is 25.9 Å². The highest BCUT2D eigenvalue weighted by Crippen LogP contribution is 2.53. The van der Waals surface area contributed by atoms with E-state index in [9.17, 15) is 13.2 Å². The lowest BCUT2D eigenvalue weighted by atomic mass is 9.56. The first-order valence-corrected chi connectivity index (χ1v) is 7.39. The van der Waals surface area contributed by atoms with Gasteiger partial charge in [-0.25, -0.2) is 4.79 Å². The Morgan fingerprint density at radius 2 is 2.00 bits per heavy atom. The SMILES string of the molecule is CC(OS(C)(=O)=O)C1CC2(C1)CN(C(=O)O)C2. The first kappa shape index (κ1) is 12.6. The first-order chi connectivity index (χ1) is 7.71. The van der Waals surface area contributed by atoms with Crippen LogP contribution < -0.4 is 0 Å². The summed E-state index contributed by atoms with van der Waals surface area (Å²) in [5.74, 6) is 0.223. The van der Waals surface area contributed by atoms with Crippen molar-refractivity contribution in [1.82, 2.24) is 4.90 Å². The molecule has 1 aliphatic heterocycles. The topological polar surface area (TPSA) is 83.9 Å². The maximum atomic E-state index is 11.0. The summed E-state index contributed by atoms with van der Waals surface area (Å²) in [6.45, 7) is 2.90. The molecule has 1 aliphatic carbocycles. The molecule has 1 amide bonds. The zero-order valence-corrected chi connectivity index (χ0v) is 10.7. The third-order valence-electron chi connectivity index (χ3n) is 3.70. The fraction of sp³-hybridized carbons (Fsp3) is 0.900. The van der Waals surface area contributed by atoms with Gasteiger partial charge in [-0.15, -0.1) is 0 Å². The van der Waals surface area contributed by atoms with Crippen molar-refractivity contribution in [1.29, 1.82) is 0 Å². The summed E-state index contributed by atoms with van der Waals surface area (Å²) in [5.41, 5.74) is 0.0954. The van der Waals surface area contributed by atoms with Crippen LogP contribution in [0.5, 0.6) is 0 Å². The van der Waals surface area contributed by atoms with Gasteiger partial charge in [0, 0.05) is 18.5 Å². The molecule has 98 valence electrons. The Labute approximate surface area is 101 Å². The molecular formula is C10H17NO5S. The standard InChI is InChI=1S/C10H17NO5S/c1-7(16-17(2,14)15)8-3-10(4-8)5-11(6-10)9(12)13/h7-8H,3-6H2,1-2H3,(H,12,13). The maximum Gasteiger partial charge on any atom is 0.407 e. The predicted molar refractivity (Wildman–Crippen MR) is 60.1 cm³/mol. The largest absolute Gasteiger partial charge is 0.465 e. The first-order valence-electron chi connectivity index (χ1n) is 5.57. The van der Waals surface area contributed by atoms with Crippen molar-refractivity contribution >= 4 is 16.2 Å². The number of nitrogens with zero attached hydrogens (tertiary/aromatic N) is 1. The zero-order chi connectivity index (χ0) is 12.8. The molecule has 2 aliphatic rings. The van der Waals surface area contributed by atoms with Crippen molar-refractivity contribution in [3.8, 4) is 0 Å². The predicted octanol–water partition coefficient (Wildman–Crippen LogP) is 0.741. The number of carbonyl (C=O) groups is 1. The lowest BCUT2D eigenvalue weighted by molar-refractivity contribution is -0.104. The minimum Gasteiger partial charge on any atom is -0.465 e. The summed E-state index contributed by atoms with van der Waals surface area (Å²) < 4.78 is 26.8. The quantitative estimate of drug-likeness (QED) is 0.759. The summed E-state index contributed by atoms with van der Waals surface area (Å²) in [4.78, 5) is 12.0. The number of hydrogen-bond acceptors (Lipinski definition) is 4. The molecule has 0 aromatic carbocycles. The van der Waals surface area contributed by atoms with Gasteiger partial charge in [0.05, 0.1) is 12.4 Å². The summed E-state index contributed by atoms with van der Waals surface area (Å²) >= 11 is 0. The molecule has 1 atom stereocenters. The Bertz CT molecular complexity index is 418. The second kappa shape index (κ2) is 3.84. The molecule has 0 aromatic rings. The Morgan fingerprint density at radius 1 is 1.47 bits per heavy atom. The highest BCUT2D eigenvalue weighted by Gasteiger charge is 2.55. The van der Waals surface area contributed by atoms with E-state index in [0.29, 0.717) is 13.1 Å². The van der Waals surface area contributed by atoms with E-state index in [1.165, 1.54) is 4.90 Å². The highest BCUT2D eigenvalue weighted by molar-refractivity contribution is 7.86. The molecule has 7 heteroatoms. The lowest BCUT2D eigenvalue weighted by Gasteiger charge is -2.59. The van der Waals surface area contributed by atoms with Gasteiger partial charge in [-0.05, 0) is 25.7 Å². The summed E-state index contributed by atoms with van der Waals surface area (Å²) in [5, 5.41) is 8.73. The van der Waals surface area contributed by atoms with Crippen LogP contribution in [0.15, 0.2) is 0 Å². The number of carboxylic acid groups (broad SMARTS) is 1. The third-order valence-corrected chi connectivity index (χ3v) is 4.36. The van der Waals surface area contributed by atoms with Gasteiger partial charge in [0.25, 0.3) is 10.1 Å². The van der Waals surface area contributed by atoms with E-state index >= 15 is 0 Å². The second-order valence-corrected chi connectivity index (χ2v) is 6.91. The monoisotopic (exact) mass is 263 g/mol. The van der Waals surface area contributed by atoms with Crippen LogP contribution in [0.3, 0.4) is 0 Å². The second-order valence-electron chi connectivity index (χ2n) is 5.31. The molecule has 0 aromatic heterocycles. The summed E-state index contributed by atoms with van der Waals surface area (Å²) in [6.07, 6.45) is 1.57. The summed E-state index contributed by atoms with van der Waals surface area (Å²) in [7, 11) is -3.40. The van der Waals surface area contributed by atoms with Gasteiger partial charge in [-0.1, -0.05) is 0 Å². The van der Waals surface area contributed by atoms with Gasteiger partial charge in [0.2, 0.25) is 0 Å². The average molecular weight is 263 g/mol. The highest BCUT2D eigenvalue weighted by atomic mass is 32.2. The van der Waals surface area contributed by atoms with E-state index in [-0.39, 0.29) is 17.4 Å². The molecule has 0 bridgehead atoms. The van der Waals surface area contributed by atoms with Gasteiger partial charge in [-0.2, -0.15) is 8.42 Å². The number of hydrogen-bond donors (Lipinski definition) is 1. The molecule has 0 radical (unpaired) electrons. The third kappa shape index (κ3) is 2.55. The Hall–Kier alpha value is -0.820. The number of likely N-dealkylation sites (tertiary alicyclic amines) is 1. The average Bonchev–Trinajstić information content (AvgIpc) is 1.93. The van der Waals surface area contributed by atoms with Crippen LogP contribution in [0.2, 0.25) is 0 Å². The van der Waals surface area contributed by atoms with Crippen molar-refractivity contribution in [2.75, 3.05) is 19.3 Å². The fourth-order valence-electron chi connectivity index (χ4n) is 2.90. The van der Waals surface area contributed by atoms with Gasteiger partial charge in [0.15, 0.2) is 0 Å². The normalized spacial score (nSPS) is 25.2. The molecule has 1 unspecified atom stereocenters. The van der Waals surface area contributed by atoms with E-state index in [0.717, 1.165) is 19.1 Å². The van der Waals surface area contributed by atoms with Crippen molar-refractivity contribution < 1.29 is 22.5 Å². The van der Waals surface area contributed by atoms with Crippen LogP contribution in [0, 0.1) is 11.3 Å². The minimum absolute atomic E-state index is 0.0954. The lowest BCUT2D eigenvalue weighted by Crippen LogP contribution is -2.64. The van der Waals surface area contributed by atoms with Crippen molar-refractivity contribution in [3.63, 3.8) is 0 Å². The van der Waals surface area contributed by atoms with Gasteiger partial charge < -0.3 is 10.0 Å². The zero-order valence-electron chi connectivity index (χ0n) is 9.92. The van der Waals surface area contributed by atoms with E-state index in [2.05, 4.69) is 0 Å². The Morgan fingerprint density at radius 3 is 2.41 bits per heavy atom. The fourth-order valence-corrected chi connectivity index (χ4v) is 3.60. The van der Waals surface area contributed by atoms with Crippen LogP contribution in [-0.2, 0) is 14.3 Å². The molecule has 1 saturated heterocycles. The minimum atomic E-state index is -3.40. The smallest absolute Gasteiger partial charge is 0.407 e. The van der Waals surface area contributed by atoms with Crippen LogP contribution in [0.4, 0.5) is 4.79 Å². The molecule has 6 nitrogen and oxygen atoms in total. The van der Waals surface area contributed by atoms with Gasteiger partial charge >= 0.3 is 6.09 Å². The molecule has 1 spiro atoms. The molecular weight excluding hydrogens is 246 g/mol. The number of amides is 1. The molecule has 1 saturated carbocycles. The maximum absolute atomic E-state index is 11.0. The van der Waals surface area contributed by atoms with Crippen molar-refractivity contribution in [2.24, 2.45) is 11.3 Å². The molecule has 2 fully saturated rings. The Balaban J connectivity index is 1.78. The van der Waals surface area contributed by atoms with E-state index in [1.54, 1.807) is 6.92 Å². The van der Waals surface area contributed by atoms with Gasteiger partial charge in [0.1, 0.15) is 0 Å². The van der Waals surface area contributed by atoms with Gasteiger partial charge in [-0.3, -0.25) is 4.18 Å². The van der Waals surface area contributed by atoms with E-state index < -0.39 is 16.2 Å². The van der Waals surface area contributed by atoms with Crippen molar-refractivity contribution in [3.05, 3.63) is 0 Å². The summed E-state index contributed by atoms with van der Waals surface area (Å²) in [6, 6.07) is 0.